The molecule has 5 heterocycles. The summed E-state index contributed by atoms with van der Waals surface area (Å²) in [5, 5.41) is 5.47. The number of rotatable bonds is 9. The maximum Gasteiger partial charge on any atom is 0.421 e. The summed E-state index contributed by atoms with van der Waals surface area (Å²) in [6.07, 6.45) is 1.63. The van der Waals surface area contributed by atoms with Crippen LogP contribution in [0.5, 0.6) is 6.01 Å². The largest absolute Gasteiger partial charge is 0.467 e. The van der Waals surface area contributed by atoms with Crippen molar-refractivity contribution in [1.82, 2.24) is 30.2 Å². The van der Waals surface area contributed by atoms with E-state index in [2.05, 4.69) is 35.6 Å². The number of halogens is 5. The molecular weight excluding hydrogens is 641 g/mol. The standard InChI is InChI=1S/C31H36F5N9O3/c1-47-28-39-13-20(14-40-28)19-2-7-25(37-12-19)45(29(46)41-16-24(32)33)22-5-3-21(4-6-22)42-27-38-15-23(31(34,35)36)26(43-27)44-10-8-30(9-11-44)17-48-18-30/h2,7,12-15,21-22,24H,3-6,8-11,16-18H2,1H3,(H,41,46)(H,38,42,43)/t21-,22-. The number of carbonyl (C=O) groups excluding carboxylic acids is 1. The van der Waals surface area contributed by atoms with Crippen LogP contribution in [0.25, 0.3) is 11.1 Å². The van der Waals surface area contributed by atoms with Gasteiger partial charge in [-0.15, -0.1) is 0 Å². The fraction of sp³-hybridized carbons (Fsp3) is 0.548. The Hall–Kier alpha value is -4.41. The number of urea groups is 1. The molecule has 2 saturated heterocycles. The zero-order valence-corrected chi connectivity index (χ0v) is 26.2. The Balaban J connectivity index is 1.14. The molecule has 3 aliphatic rings. The third kappa shape index (κ3) is 7.50. The summed E-state index contributed by atoms with van der Waals surface area (Å²) in [6.45, 7) is 1.35. The number of ether oxygens (including phenoxy) is 2. The van der Waals surface area contributed by atoms with E-state index in [-0.39, 0.29) is 41.1 Å². The Morgan fingerprint density at radius 1 is 1.02 bits per heavy atom. The average Bonchev–Trinajstić information content (AvgIpc) is 3.07. The molecule has 1 spiro atoms. The average molecular weight is 678 g/mol. The predicted octanol–water partition coefficient (Wildman–Crippen LogP) is 5.18. The van der Waals surface area contributed by atoms with Gasteiger partial charge in [0.15, 0.2) is 0 Å². The van der Waals surface area contributed by atoms with E-state index in [9.17, 15) is 26.7 Å². The minimum absolute atomic E-state index is 0.0505. The van der Waals surface area contributed by atoms with Crippen molar-refractivity contribution in [2.75, 3.05) is 55.1 Å². The van der Waals surface area contributed by atoms with E-state index in [1.165, 1.54) is 12.0 Å². The number of methoxy groups -OCH3 is 1. The molecule has 2 N–H and O–H groups in total. The van der Waals surface area contributed by atoms with Gasteiger partial charge in [-0.3, -0.25) is 4.90 Å². The molecule has 12 nitrogen and oxygen atoms in total. The lowest BCUT2D eigenvalue weighted by atomic mass is 9.77. The Morgan fingerprint density at radius 3 is 2.27 bits per heavy atom. The molecule has 0 atom stereocenters. The molecule has 2 aliphatic heterocycles. The second-order valence-electron chi connectivity index (χ2n) is 12.4. The second kappa shape index (κ2) is 14.0. The number of hydrogen-bond donors (Lipinski definition) is 2. The van der Waals surface area contributed by atoms with E-state index in [1.54, 1.807) is 35.6 Å². The summed E-state index contributed by atoms with van der Waals surface area (Å²) in [5.41, 5.74) is 0.524. The van der Waals surface area contributed by atoms with Gasteiger partial charge in [-0.1, -0.05) is 0 Å². The van der Waals surface area contributed by atoms with E-state index in [0.717, 1.165) is 19.0 Å². The topological polar surface area (TPSA) is 131 Å². The normalized spacial score (nSPS) is 20.7. The molecule has 1 saturated carbocycles. The van der Waals surface area contributed by atoms with Gasteiger partial charge in [0.2, 0.25) is 5.95 Å². The molecule has 17 heteroatoms. The smallest absolute Gasteiger partial charge is 0.421 e. The molecule has 3 aromatic heterocycles. The maximum absolute atomic E-state index is 13.9. The number of nitrogens with zero attached hydrogens (tertiary/aromatic N) is 7. The first kappa shape index (κ1) is 33.5. The highest BCUT2D eigenvalue weighted by atomic mass is 19.4. The molecule has 258 valence electrons. The molecule has 48 heavy (non-hydrogen) atoms. The van der Waals surface area contributed by atoms with Gasteiger partial charge in [-0.05, 0) is 50.7 Å². The minimum atomic E-state index is -4.61. The van der Waals surface area contributed by atoms with Crippen LogP contribution in [0.3, 0.4) is 0 Å². The molecule has 2 amide bonds. The molecule has 0 radical (unpaired) electrons. The summed E-state index contributed by atoms with van der Waals surface area (Å²) in [7, 11) is 1.46. The van der Waals surface area contributed by atoms with Crippen molar-refractivity contribution in [3.63, 3.8) is 0 Å². The second-order valence-corrected chi connectivity index (χ2v) is 12.4. The molecular formula is C31H36F5N9O3. The number of alkyl halides is 5. The third-order valence-electron chi connectivity index (χ3n) is 9.17. The van der Waals surface area contributed by atoms with Crippen LogP contribution < -0.4 is 25.2 Å². The lowest BCUT2D eigenvalue weighted by Crippen LogP contribution is -2.51. The third-order valence-corrected chi connectivity index (χ3v) is 9.17. The van der Waals surface area contributed by atoms with Gasteiger partial charge < -0.3 is 25.0 Å². The molecule has 6 rings (SSSR count). The van der Waals surface area contributed by atoms with Gasteiger partial charge >= 0.3 is 18.2 Å². The minimum Gasteiger partial charge on any atom is -0.467 e. The highest BCUT2D eigenvalue weighted by molar-refractivity contribution is 5.91. The van der Waals surface area contributed by atoms with Crippen molar-refractivity contribution in [3.8, 4) is 17.1 Å². The predicted molar refractivity (Wildman–Crippen MR) is 165 cm³/mol. The summed E-state index contributed by atoms with van der Waals surface area (Å²) in [5.74, 6) is 0.241. The van der Waals surface area contributed by atoms with Crippen LogP contribution in [0.2, 0.25) is 0 Å². The van der Waals surface area contributed by atoms with Crippen LogP contribution in [0.4, 0.5) is 44.3 Å². The number of anilines is 3. The quantitative estimate of drug-likeness (QED) is 0.293. The Labute approximate surface area is 273 Å². The summed E-state index contributed by atoms with van der Waals surface area (Å²) < 4.78 is 78.1. The first-order valence-electron chi connectivity index (χ1n) is 15.7. The van der Waals surface area contributed by atoms with Crippen molar-refractivity contribution in [2.45, 2.75) is 63.2 Å². The van der Waals surface area contributed by atoms with Crippen molar-refractivity contribution in [1.29, 1.82) is 0 Å². The summed E-state index contributed by atoms with van der Waals surface area (Å²) in [4.78, 5) is 37.2. The zero-order valence-electron chi connectivity index (χ0n) is 26.2. The number of nitrogens with one attached hydrogen (secondary N) is 2. The summed E-state index contributed by atoms with van der Waals surface area (Å²) in [6, 6.07) is 2.31. The monoisotopic (exact) mass is 677 g/mol. The van der Waals surface area contributed by atoms with Crippen molar-refractivity contribution in [3.05, 3.63) is 42.5 Å². The van der Waals surface area contributed by atoms with E-state index < -0.39 is 30.7 Å². The Morgan fingerprint density at radius 2 is 1.71 bits per heavy atom. The first-order chi connectivity index (χ1) is 23.0. The van der Waals surface area contributed by atoms with Gasteiger partial charge in [0, 0.05) is 66.5 Å². The van der Waals surface area contributed by atoms with Gasteiger partial charge in [0.25, 0.3) is 6.43 Å². The Bertz CT molecular complexity index is 1540. The zero-order chi connectivity index (χ0) is 33.9. The Kier molecular flexibility index (Phi) is 9.75. The number of pyridine rings is 1. The first-order valence-corrected chi connectivity index (χ1v) is 15.7. The van der Waals surface area contributed by atoms with Crippen LogP contribution in [0.15, 0.2) is 36.9 Å². The van der Waals surface area contributed by atoms with Crippen molar-refractivity contribution in [2.24, 2.45) is 5.41 Å². The SMILES string of the molecule is COc1ncc(-c2ccc(N(C(=O)NCC(F)F)[C@H]3CC[C@H](Nc4ncc(C(F)(F)F)c(N5CCC6(CC5)COC6)n4)CC3)nc2)cn1. The van der Waals surface area contributed by atoms with Gasteiger partial charge in [-0.2, -0.15) is 18.2 Å². The molecule has 0 unspecified atom stereocenters. The van der Waals surface area contributed by atoms with Crippen molar-refractivity contribution >= 4 is 23.6 Å². The van der Waals surface area contributed by atoms with E-state index in [4.69, 9.17) is 9.47 Å². The highest BCUT2D eigenvalue weighted by Crippen LogP contribution is 2.42. The number of aromatic nitrogens is 5. The van der Waals surface area contributed by atoms with Crippen LogP contribution in [-0.2, 0) is 10.9 Å². The fourth-order valence-corrected chi connectivity index (χ4v) is 6.39. The molecule has 0 aromatic carbocycles. The number of hydrogen-bond acceptors (Lipinski definition) is 10. The lowest BCUT2D eigenvalue weighted by molar-refractivity contribution is -0.138. The highest BCUT2D eigenvalue weighted by Gasteiger charge is 2.44. The number of carbonyl (C=O) groups is 1. The maximum atomic E-state index is 13.9. The summed E-state index contributed by atoms with van der Waals surface area (Å²) >= 11 is 0. The van der Waals surface area contributed by atoms with Gasteiger partial charge in [-0.25, -0.2) is 33.5 Å². The number of piperidine rings is 1. The van der Waals surface area contributed by atoms with Gasteiger partial charge in [0.1, 0.15) is 17.2 Å². The van der Waals surface area contributed by atoms with Crippen LogP contribution in [0, 0.1) is 5.41 Å². The van der Waals surface area contributed by atoms with E-state index in [0.29, 0.717) is 63.1 Å². The van der Waals surface area contributed by atoms with E-state index in [1.807, 2.05) is 0 Å². The van der Waals surface area contributed by atoms with Crippen molar-refractivity contribution < 1.29 is 36.2 Å². The fourth-order valence-electron chi connectivity index (χ4n) is 6.39. The lowest BCUT2D eigenvalue weighted by Gasteiger charge is -2.47. The molecule has 3 fully saturated rings. The van der Waals surface area contributed by atoms with Crippen LogP contribution >= 0.6 is 0 Å². The number of amides is 2. The van der Waals surface area contributed by atoms with Crippen LogP contribution in [-0.4, -0.2) is 89.4 Å². The molecule has 1 aliphatic carbocycles. The molecule has 3 aromatic rings. The molecule has 0 bridgehead atoms. The van der Waals surface area contributed by atoms with Gasteiger partial charge in [0.05, 0.1) is 26.9 Å². The van der Waals surface area contributed by atoms with Crippen LogP contribution in [0.1, 0.15) is 44.1 Å². The van der Waals surface area contributed by atoms with E-state index >= 15 is 0 Å².